The van der Waals surface area contributed by atoms with E-state index >= 15 is 0 Å². The molecule has 0 fully saturated rings. The van der Waals surface area contributed by atoms with Crippen LogP contribution in [0.25, 0.3) is 0 Å². The van der Waals surface area contributed by atoms with Crippen LogP contribution in [0.15, 0.2) is 0 Å². The molecule has 0 rings (SSSR count). The summed E-state index contributed by atoms with van der Waals surface area (Å²) in [6.07, 6.45) is -0.434. The zero-order chi connectivity index (χ0) is 11.5. The maximum Gasteiger partial charge on any atom is 0.312 e. The first kappa shape index (κ1) is 12.9. The van der Waals surface area contributed by atoms with Crippen molar-refractivity contribution in [2.45, 2.75) is 40.2 Å². The first-order chi connectivity index (χ1) is 6.16. The second-order valence-electron chi connectivity index (χ2n) is 4.62. The van der Waals surface area contributed by atoms with Gasteiger partial charge in [0.1, 0.15) is 6.42 Å². The predicted molar refractivity (Wildman–Crippen MR) is 53.9 cm³/mol. The van der Waals surface area contributed by atoms with Gasteiger partial charge in [-0.3, -0.25) is 9.59 Å². The van der Waals surface area contributed by atoms with Gasteiger partial charge in [0.25, 0.3) is 0 Å². The second-order valence-corrected chi connectivity index (χ2v) is 4.62. The summed E-state index contributed by atoms with van der Waals surface area (Å²) in [6, 6.07) is 0.0225. The normalized spacial score (nSPS) is 13.5. The molecule has 1 unspecified atom stereocenters. The molecule has 0 saturated heterocycles. The number of hydrogen-bond acceptors (Lipinski definition) is 2. The zero-order valence-electron chi connectivity index (χ0n) is 9.50. The molecule has 1 N–H and O–H groups in total. The first-order valence-electron chi connectivity index (χ1n) is 4.63. The number of carboxylic acid groups (broad SMARTS) is 1. The molecule has 82 valence electrons. The van der Waals surface area contributed by atoms with Gasteiger partial charge in [-0.15, -0.1) is 0 Å². The van der Waals surface area contributed by atoms with Crippen molar-refractivity contribution in [3.63, 3.8) is 0 Å². The Morgan fingerprint density at radius 1 is 1.36 bits per heavy atom. The lowest BCUT2D eigenvalue weighted by Crippen LogP contribution is -2.43. The van der Waals surface area contributed by atoms with E-state index in [0.29, 0.717) is 0 Å². The third-order valence-corrected chi connectivity index (χ3v) is 2.53. The number of nitrogens with zero attached hydrogens (tertiary/aromatic N) is 1. The van der Waals surface area contributed by atoms with E-state index in [1.54, 1.807) is 7.05 Å². The molecule has 0 aromatic heterocycles. The number of aliphatic carboxylic acids is 1. The van der Waals surface area contributed by atoms with E-state index in [9.17, 15) is 9.59 Å². The number of carbonyl (C=O) groups excluding carboxylic acids is 1. The maximum absolute atomic E-state index is 11.4. The highest BCUT2D eigenvalue weighted by molar-refractivity contribution is 5.93. The molecule has 4 nitrogen and oxygen atoms in total. The molecule has 0 spiro atoms. The van der Waals surface area contributed by atoms with Crippen LogP contribution in [0.2, 0.25) is 0 Å². The van der Waals surface area contributed by atoms with E-state index in [1.165, 1.54) is 4.90 Å². The van der Waals surface area contributed by atoms with Crippen LogP contribution in [0.3, 0.4) is 0 Å². The summed E-state index contributed by atoms with van der Waals surface area (Å²) in [5.41, 5.74) is -0.0388. The Labute approximate surface area is 84.9 Å². The van der Waals surface area contributed by atoms with E-state index in [4.69, 9.17) is 5.11 Å². The Kier molecular flexibility index (Phi) is 4.10. The van der Waals surface area contributed by atoms with Crippen LogP contribution >= 0.6 is 0 Å². The van der Waals surface area contributed by atoms with E-state index in [-0.39, 0.29) is 17.4 Å². The highest BCUT2D eigenvalue weighted by Gasteiger charge is 2.27. The topological polar surface area (TPSA) is 57.6 Å². The first-order valence-corrected chi connectivity index (χ1v) is 4.63. The van der Waals surface area contributed by atoms with Crippen molar-refractivity contribution in [3.05, 3.63) is 0 Å². The summed E-state index contributed by atoms with van der Waals surface area (Å²) >= 11 is 0. The Balaban J connectivity index is 4.39. The molecule has 0 heterocycles. The summed E-state index contributed by atoms with van der Waals surface area (Å²) < 4.78 is 0. The van der Waals surface area contributed by atoms with E-state index in [2.05, 4.69) is 0 Å². The SMILES string of the molecule is CC(N(C)C(=O)CC(=O)O)C(C)(C)C. The standard InChI is InChI=1S/C10H19NO3/c1-7(10(2,3)4)11(5)8(12)6-9(13)14/h7H,6H2,1-5H3,(H,13,14). The third-order valence-electron chi connectivity index (χ3n) is 2.53. The van der Waals surface area contributed by atoms with Gasteiger partial charge in [0.2, 0.25) is 5.91 Å². The van der Waals surface area contributed by atoms with Crippen LogP contribution in [0.5, 0.6) is 0 Å². The quantitative estimate of drug-likeness (QED) is 0.701. The van der Waals surface area contributed by atoms with Crippen molar-refractivity contribution in [1.29, 1.82) is 0 Å². The molecule has 0 aliphatic carbocycles. The average Bonchev–Trinajstić information content (AvgIpc) is 1.98. The molecule has 0 aromatic carbocycles. The predicted octanol–water partition coefficient (Wildman–Crippen LogP) is 1.35. The Bertz CT molecular complexity index is 230. The molecule has 0 aliphatic rings. The summed E-state index contributed by atoms with van der Waals surface area (Å²) in [5, 5.41) is 8.47. The Morgan fingerprint density at radius 3 is 2.07 bits per heavy atom. The molecule has 0 bridgehead atoms. The lowest BCUT2D eigenvalue weighted by Gasteiger charge is -2.35. The van der Waals surface area contributed by atoms with E-state index in [1.807, 2.05) is 27.7 Å². The van der Waals surface area contributed by atoms with Gasteiger partial charge in [-0.2, -0.15) is 0 Å². The molecule has 1 atom stereocenters. The van der Waals surface area contributed by atoms with Crippen molar-refractivity contribution >= 4 is 11.9 Å². The van der Waals surface area contributed by atoms with Gasteiger partial charge in [0, 0.05) is 13.1 Å². The minimum atomic E-state index is -1.08. The maximum atomic E-state index is 11.4. The summed E-state index contributed by atoms with van der Waals surface area (Å²) in [5.74, 6) is -1.43. The molecule has 0 saturated carbocycles. The van der Waals surface area contributed by atoms with Crippen molar-refractivity contribution < 1.29 is 14.7 Å². The van der Waals surface area contributed by atoms with Crippen molar-refractivity contribution in [2.75, 3.05) is 7.05 Å². The molecule has 14 heavy (non-hydrogen) atoms. The molecule has 0 aromatic rings. The van der Waals surface area contributed by atoms with Crippen molar-refractivity contribution in [3.8, 4) is 0 Å². The molecule has 4 heteroatoms. The van der Waals surface area contributed by atoms with Crippen LogP contribution in [0.1, 0.15) is 34.1 Å². The molecule has 0 aliphatic heterocycles. The molecule has 0 radical (unpaired) electrons. The summed E-state index contributed by atoms with van der Waals surface area (Å²) in [4.78, 5) is 23.2. The smallest absolute Gasteiger partial charge is 0.312 e. The highest BCUT2D eigenvalue weighted by atomic mass is 16.4. The summed E-state index contributed by atoms with van der Waals surface area (Å²) in [6.45, 7) is 7.96. The van der Waals surface area contributed by atoms with Crippen LogP contribution in [-0.4, -0.2) is 35.0 Å². The van der Waals surface area contributed by atoms with Crippen LogP contribution in [0.4, 0.5) is 0 Å². The van der Waals surface area contributed by atoms with Crippen molar-refractivity contribution in [2.24, 2.45) is 5.41 Å². The van der Waals surface area contributed by atoms with E-state index in [0.717, 1.165) is 0 Å². The number of hydrogen-bond donors (Lipinski definition) is 1. The molecule has 1 amide bonds. The van der Waals surface area contributed by atoms with Crippen LogP contribution in [0, 0.1) is 5.41 Å². The Hall–Kier alpha value is -1.06. The minimum Gasteiger partial charge on any atom is -0.481 e. The zero-order valence-corrected chi connectivity index (χ0v) is 9.50. The van der Waals surface area contributed by atoms with Crippen LogP contribution in [-0.2, 0) is 9.59 Å². The fourth-order valence-corrected chi connectivity index (χ4v) is 1.05. The Morgan fingerprint density at radius 2 is 1.79 bits per heavy atom. The molecular formula is C10H19NO3. The lowest BCUT2D eigenvalue weighted by atomic mass is 9.87. The number of carbonyl (C=O) groups is 2. The fraction of sp³-hybridized carbons (Fsp3) is 0.800. The summed E-state index contributed by atoms with van der Waals surface area (Å²) in [7, 11) is 1.64. The average molecular weight is 201 g/mol. The van der Waals surface area contributed by atoms with Gasteiger partial charge in [-0.25, -0.2) is 0 Å². The van der Waals surface area contributed by atoms with Gasteiger partial charge >= 0.3 is 5.97 Å². The lowest BCUT2D eigenvalue weighted by molar-refractivity contribution is -0.145. The van der Waals surface area contributed by atoms with Crippen molar-refractivity contribution in [1.82, 2.24) is 4.90 Å². The monoisotopic (exact) mass is 201 g/mol. The number of rotatable bonds is 3. The van der Waals surface area contributed by atoms with Gasteiger partial charge in [-0.05, 0) is 12.3 Å². The number of carboxylic acids is 1. The van der Waals surface area contributed by atoms with Gasteiger partial charge in [0.15, 0.2) is 0 Å². The van der Waals surface area contributed by atoms with E-state index < -0.39 is 12.4 Å². The third kappa shape index (κ3) is 3.77. The fourth-order valence-electron chi connectivity index (χ4n) is 1.05. The van der Waals surface area contributed by atoms with Gasteiger partial charge in [-0.1, -0.05) is 20.8 Å². The second kappa shape index (κ2) is 4.44. The minimum absolute atomic E-state index is 0.0225. The van der Waals surface area contributed by atoms with Gasteiger partial charge in [0.05, 0.1) is 0 Å². The highest BCUT2D eigenvalue weighted by Crippen LogP contribution is 2.23. The van der Waals surface area contributed by atoms with Gasteiger partial charge < -0.3 is 10.0 Å². The van der Waals surface area contributed by atoms with Crippen LogP contribution < -0.4 is 0 Å². The largest absolute Gasteiger partial charge is 0.481 e. The number of amides is 1. The molecular weight excluding hydrogens is 182 g/mol.